The lowest BCUT2D eigenvalue weighted by atomic mass is 9.97. The maximum absolute atomic E-state index is 12.7. The average Bonchev–Trinajstić information content (AvgIpc) is 2.68. The van der Waals surface area contributed by atoms with Crippen LogP contribution in [0.1, 0.15) is 44.2 Å². The third-order valence-corrected chi connectivity index (χ3v) is 5.27. The van der Waals surface area contributed by atoms with E-state index < -0.39 is 0 Å². The lowest BCUT2D eigenvalue weighted by molar-refractivity contribution is -0.885. The number of likely N-dealkylation sites (N-methyl/N-ethyl adjacent to an activating group) is 1. The molecule has 28 heavy (non-hydrogen) atoms. The fourth-order valence-electron chi connectivity index (χ4n) is 2.97. The molecule has 1 unspecified atom stereocenters. The van der Waals surface area contributed by atoms with Gasteiger partial charge in [-0.15, -0.1) is 0 Å². The Balaban J connectivity index is 1.95. The first-order valence-electron chi connectivity index (χ1n) is 9.90. The van der Waals surface area contributed by atoms with Gasteiger partial charge in [-0.3, -0.25) is 9.59 Å². The largest absolute Gasteiger partial charge is 0.321 e. The number of quaternary nitrogens is 1. The molecule has 0 saturated carbocycles. The lowest BCUT2D eigenvalue weighted by Crippen LogP contribution is -3.14. The van der Waals surface area contributed by atoms with Crippen molar-refractivity contribution in [2.75, 3.05) is 24.2 Å². The van der Waals surface area contributed by atoms with E-state index >= 15 is 0 Å². The van der Waals surface area contributed by atoms with Gasteiger partial charge in [-0.05, 0) is 49.9 Å². The van der Waals surface area contributed by atoms with Crippen LogP contribution in [0.4, 0.5) is 11.4 Å². The zero-order valence-electron chi connectivity index (χ0n) is 17.5. The number of nitrogens with one attached hydrogen (secondary N) is 3. The van der Waals surface area contributed by atoms with Gasteiger partial charge in [-0.25, -0.2) is 0 Å². The number of para-hydroxylation sites is 1. The highest BCUT2D eigenvalue weighted by molar-refractivity contribution is 5.95. The minimum Gasteiger partial charge on any atom is -0.321 e. The highest BCUT2D eigenvalue weighted by Gasteiger charge is 2.25. The zero-order valence-corrected chi connectivity index (χ0v) is 17.5. The number of carbonyl (C=O) groups is 2. The van der Waals surface area contributed by atoms with Gasteiger partial charge in [0.15, 0.2) is 12.6 Å². The molecule has 0 aliphatic rings. The second kappa shape index (κ2) is 10.0. The molecule has 0 radical (unpaired) electrons. The van der Waals surface area contributed by atoms with Gasteiger partial charge in [-0.1, -0.05) is 49.7 Å². The van der Waals surface area contributed by atoms with E-state index in [1.54, 1.807) is 0 Å². The molecule has 0 saturated heterocycles. The summed E-state index contributed by atoms with van der Waals surface area (Å²) < 4.78 is 0. The van der Waals surface area contributed by atoms with Crippen molar-refractivity contribution in [2.45, 2.75) is 46.1 Å². The minimum atomic E-state index is -0.353. The third kappa shape index (κ3) is 5.92. The molecule has 2 aromatic carbocycles. The van der Waals surface area contributed by atoms with E-state index in [2.05, 4.69) is 30.5 Å². The summed E-state index contributed by atoms with van der Waals surface area (Å²) in [6.45, 7) is 8.35. The zero-order chi connectivity index (χ0) is 20.7. The Morgan fingerprint density at radius 1 is 1.00 bits per heavy atom. The molecule has 150 valence electrons. The molecule has 5 nitrogen and oxygen atoms in total. The van der Waals surface area contributed by atoms with Crippen molar-refractivity contribution in [3.8, 4) is 0 Å². The lowest BCUT2D eigenvalue weighted by Gasteiger charge is -2.22. The van der Waals surface area contributed by atoms with Gasteiger partial charge in [-0.2, -0.15) is 0 Å². The highest BCUT2D eigenvalue weighted by atomic mass is 16.2. The van der Waals surface area contributed by atoms with Crippen molar-refractivity contribution in [1.82, 2.24) is 0 Å². The number of hydrogen-bond donors (Lipinski definition) is 3. The van der Waals surface area contributed by atoms with Crippen LogP contribution < -0.4 is 15.5 Å². The van der Waals surface area contributed by atoms with Crippen LogP contribution in [-0.4, -0.2) is 31.4 Å². The fraction of sp³-hybridized carbons (Fsp3) is 0.391. The number of hydrogen-bond acceptors (Lipinski definition) is 2. The molecule has 0 aromatic heterocycles. The number of amides is 2. The number of carbonyl (C=O) groups excluding carboxylic acids is 2. The van der Waals surface area contributed by atoms with E-state index in [0.717, 1.165) is 33.8 Å². The molecule has 0 spiro atoms. The summed E-state index contributed by atoms with van der Waals surface area (Å²) in [4.78, 5) is 25.9. The second-order valence-electron chi connectivity index (χ2n) is 7.54. The van der Waals surface area contributed by atoms with Crippen molar-refractivity contribution in [2.24, 2.45) is 0 Å². The second-order valence-corrected chi connectivity index (χ2v) is 7.54. The van der Waals surface area contributed by atoms with Gasteiger partial charge in [0.1, 0.15) is 0 Å². The molecule has 3 atom stereocenters. The molecule has 0 aliphatic heterocycles. The number of aryl methyl sites for hydroxylation is 1. The predicted octanol–water partition coefficient (Wildman–Crippen LogP) is 2.99. The molecule has 5 heteroatoms. The molecule has 0 bridgehead atoms. The van der Waals surface area contributed by atoms with Crippen LogP contribution in [0.2, 0.25) is 0 Å². The Hall–Kier alpha value is -2.66. The first-order valence-corrected chi connectivity index (χ1v) is 9.90. The Labute approximate surface area is 168 Å². The monoisotopic (exact) mass is 382 g/mol. The third-order valence-electron chi connectivity index (χ3n) is 5.27. The average molecular weight is 383 g/mol. The SMILES string of the molecule is CC[C@H](C)c1ccccc1NC(=O)[C@@H](C)[NH+](C)CC(=O)Nc1ccc(C)cc1. The topological polar surface area (TPSA) is 62.6 Å². The minimum absolute atomic E-state index is 0.0867. The van der Waals surface area contributed by atoms with Crippen molar-refractivity contribution in [3.05, 3.63) is 59.7 Å². The quantitative estimate of drug-likeness (QED) is 0.657. The van der Waals surface area contributed by atoms with Gasteiger partial charge >= 0.3 is 0 Å². The molecule has 3 N–H and O–H groups in total. The first kappa shape index (κ1) is 21.6. The van der Waals surface area contributed by atoms with Crippen LogP contribution in [0.3, 0.4) is 0 Å². The molecule has 2 aromatic rings. The summed E-state index contributed by atoms with van der Waals surface area (Å²) in [5, 5.41) is 5.93. The van der Waals surface area contributed by atoms with E-state index in [-0.39, 0.29) is 24.4 Å². The van der Waals surface area contributed by atoms with Crippen molar-refractivity contribution in [1.29, 1.82) is 0 Å². The molecular formula is C23H32N3O2+. The molecule has 0 heterocycles. The molecule has 0 fully saturated rings. The van der Waals surface area contributed by atoms with E-state index in [9.17, 15) is 9.59 Å². The van der Waals surface area contributed by atoms with E-state index in [1.165, 1.54) is 0 Å². The molecule has 2 amide bonds. The molecular weight excluding hydrogens is 350 g/mol. The maximum Gasteiger partial charge on any atom is 0.282 e. The van der Waals surface area contributed by atoms with Gasteiger partial charge in [0, 0.05) is 11.4 Å². The Bertz CT molecular complexity index is 802. The number of benzene rings is 2. The highest BCUT2D eigenvalue weighted by Crippen LogP contribution is 2.26. The first-order chi connectivity index (χ1) is 13.3. The summed E-state index contributed by atoms with van der Waals surface area (Å²) in [5.41, 5.74) is 3.90. The van der Waals surface area contributed by atoms with E-state index in [1.807, 2.05) is 63.4 Å². The summed E-state index contributed by atoms with van der Waals surface area (Å²) in [6.07, 6.45) is 1.01. The summed E-state index contributed by atoms with van der Waals surface area (Å²) >= 11 is 0. The van der Waals surface area contributed by atoms with Crippen molar-refractivity contribution < 1.29 is 14.5 Å². The number of anilines is 2. The van der Waals surface area contributed by atoms with Crippen LogP contribution in [0.25, 0.3) is 0 Å². The van der Waals surface area contributed by atoms with Gasteiger partial charge in [0.05, 0.1) is 7.05 Å². The standard InChI is InChI=1S/C23H31N3O2/c1-6-17(3)20-9-7-8-10-21(20)25-23(28)18(4)26(5)15-22(27)24-19-13-11-16(2)12-14-19/h7-14,17-18H,6,15H2,1-5H3,(H,24,27)(H,25,28)/p+1/t17-,18+/m0/s1. The Morgan fingerprint density at radius 2 is 1.64 bits per heavy atom. The maximum atomic E-state index is 12.7. The van der Waals surface area contributed by atoms with Gasteiger partial charge < -0.3 is 15.5 Å². The van der Waals surface area contributed by atoms with Crippen LogP contribution >= 0.6 is 0 Å². The van der Waals surface area contributed by atoms with E-state index in [4.69, 9.17) is 0 Å². The summed E-state index contributed by atoms with van der Waals surface area (Å²) in [5.74, 6) is 0.176. The van der Waals surface area contributed by atoms with Crippen LogP contribution in [0.15, 0.2) is 48.5 Å². The fourth-order valence-corrected chi connectivity index (χ4v) is 2.97. The summed E-state index contributed by atoms with van der Waals surface area (Å²) in [6, 6.07) is 15.2. The number of rotatable bonds is 8. The summed E-state index contributed by atoms with van der Waals surface area (Å²) in [7, 11) is 1.86. The van der Waals surface area contributed by atoms with Crippen LogP contribution in [-0.2, 0) is 9.59 Å². The van der Waals surface area contributed by atoms with Crippen molar-refractivity contribution >= 4 is 23.2 Å². The molecule has 0 aliphatic carbocycles. The Morgan fingerprint density at radius 3 is 2.29 bits per heavy atom. The normalized spacial score (nSPS) is 14.0. The van der Waals surface area contributed by atoms with Crippen molar-refractivity contribution in [3.63, 3.8) is 0 Å². The predicted molar refractivity (Wildman–Crippen MR) is 115 cm³/mol. The van der Waals surface area contributed by atoms with Crippen LogP contribution in [0.5, 0.6) is 0 Å². The van der Waals surface area contributed by atoms with E-state index in [0.29, 0.717) is 5.92 Å². The van der Waals surface area contributed by atoms with Gasteiger partial charge in [0.2, 0.25) is 0 Å². The van der Waals surface area contributed by atoms with Crippen LogP contribution in [0, 0.1) is 6.92 Å². The molecule has 2 rings (SSSR count). The smallest absolute Gasteiger partial charge is 0.282 e. The van der Waals surface area contributed by atoms with Gasteiger partial charge in [0.25, 0.3) is 11.8 Å². The Kier molecular flexibility index (Phi) is 7.76.